The number of aromatic nitrogens is 2. The summed E-state index contributed by atoms with van der Waals surface area (Å²) in [5.74, 6) is 1.25. The van der Waals surface area contributed by atoms with E-state index in [1.807, 2.05) is 35.1 Å². The summed E-state index contributed by atoms with van der Waals surface area (Å²) >= 11 is 0. The lowest BCUT2D eigenvalue weighted by atomic mass is 10.1. The molecular formula is C20H21N3O2. The van der Waals surface area contributed by atoms with Gasteiger partial charge in [-0.3, -0.25) is 9.48 Å². The summed E-state index contributed by atoms with van der Waals surface area (Å²) in [6, 6.07) is 17.6. The van der Waals surface area contributed by atoms with Gasteiger partial charge < -0.3 is 10.1 Å². The van der Waals surface area contributed by atoms with Gasteiger partial charge in [-0.25, -0.2) is 0 Å². The quantitative estimate of drug-likeness (QED) is 0.751. The number of hydrogen-bond acceptors (Lipinski definition) is 3. The number of nitrogens with one attached hydrogen (secondary N) is 1. The number of ether oxygens (including phenoxy) is 1. The van der Waals surface area contributed by atoms with Crippen molar-refractivity contribution in [2.45, 2.75) is 19.9 Å². The van der Waals surface area contributed by atoms with Crippen LogP contribution in [-0.4, -0.2) is 22.8 Å². The lowest BCUT2D eigenvalue weighted by Gasteiger charge is -2.05. The molecule has 0 unspecified atom stereocenters. The smallest absolute Gasteiger partial charge is 0.229 e. The number of anilines is 1. The number of nitrogens with zero attached hydrogens (tertiary/aromatic N) is 2. The molecular weight excluding hydrogens is 314 g/mol. The van der Waals surface area contributed by atoms with E-state index < -0.39 is 0 Å². The number of aryl methyl sites for hydroxylation is 1. The molecule has 5 nitrogen and oxygen atoms in total. The standard InChI is InChI=1S/C20H21N3O2/c1-15-3-5-17(6-4-15)14-23-12-11-19(22-23)21-20(24)13-16-7-9-18(25-2)10-8-16/h3-12H,13-14H2,1-2H3,(H,21,22,24). The molecule has 0 aliphatic rings. The molecule has 0 aliphatic heterocycles. The molecule has 0 bridgehead atoms. The van der Waals surface area contributed by atoms with Gasteiger partial charge in [-0.1, -0.05) is 42.0 Å². The molecule has 0 aliphatic carbocycles. The van der Waals surface area contributed by atoms with Crippen LogP contribution in [0.5, 0.6) is 5.75 Å². The summed E-state index contributed by atoms with van der Waals surface area (Å²) in [7, 11) is 1.62. The number of hydrogen-bond donors (Lipinski definition) is 1. The van der Waals surface area contributed by atoms with E-state index in [0.29, 0.717) is 18.8 Å². The van der Waals surface area contributed by atoms with Gasteiger partial charge >= 0.3 is 0 Å². The number of methoxy groups -OCH3 is 1. The molecule has 3 rings (SSSR count). The first-order chi connectivity index (χ1) is 12.1. The summed E-state index contributed by atoms with van der Waals surface area (Å²) < 4.78 is 6.93. The molecule has 0 saturated carbocycles. The Morgan fingerprint density at radius 1 is 1.04 bits per heavy atom. The van der Waals surface area contributed by atoms with Crippen LogP contribution in [0.1, 0.15) is 16.7 Å². The highest BCUT2D eigenvalue weighted by atomic mass is 16.5. The zero-order valence-corrected chi connectivity index (χ0v) is 14.4. The summed E-state index contributed by atoms with van der Waals surface area (Å²) in [6.07, 6.45) is 2.16. The van der Waals surface area contributed by atoms with Crippen molar-refractivity contribution in [2.75, 3.05) is 12.4 Å². The highest BCUT2D eigenvalue weighted by Gasteiger charge is 2.07. The van der Waals surface area contributed by atoms with Crippen LogP contribution in [-0.2, 0) is 17.8 Å². The Balaban J connectivity index is 1.56. The topological polar surface area (TPSA) is 56.1 Å². The predicted molar refractivity (Wildman–Crippen MR) is 97.8 cm³/mol. The van der Waals surface area contributed by atoms with Gasteiger partial charge in [0.05, 0.1) is 20.1 Å². The van der Waals surface area contributed by atoms with E-state index in [1.54, 1.807) is 13.2 Å². The Morgan fingerprint density at radius 2 is 1.72 bits per heavy atom. The lowest BCUT2D eigenvalue weighted by molar-refractivity contribution is -0.115. The van der Waals surface area contributed by atoms with Crippen LogP contribution in [0, 0.1) is 6.92 Å². The Labute approximate surface area is 147 Å². The van der Waals surface area contributed by atoms with Gasteiger partial charge in [0.1, 0.15) is 5.75 Å². The molecule has 1 aromatic heterocycles. The van der Waals surface area contributed by atoms with Crippen molar-refractivity contribution in [1.82, 2.24) is 9.78 Å². The van der Waals surface area contributed by atoms with E-state index in [4.69, 9.17) is 4.74 Å². The van der Waals surface area contributed by atoms with Crippen molar-refractivity contribution in [1.29, 1.82) is 0 Å². The maximum Gasteiger partial charge on any atom is 0.229 e. The third-order valence-electron chi connectivity index (χ3n) is 3.90. The molecule has 3 aromatic rings. The lowest BCUT2D eigenvalue weighted by Crippen LogP contribution is -2.15. The fourth-order valence-electron chi connectivity index (χ4n) is 2.51. The second kappa shape index (κ2) is 7.66. The van der Waals surface area contributed by atoms with Crippen LogP contribution in [0.15, 0.2) is 60.8 Å². The van der Waals surface area contributed by atoms with Gasteiger partial charge in [0.25, 0.3) is 0 Å². The highest BCUT2D eigenvalue weighted by Crippen LogP contribution is 2.13. The Morgan fingerprint density at radius 3 is 2.40 bits per heavy atom. The van der Waals surface area contributed by atoms with Gasteiger partial charge in [0.15, 0.2) is 5.82 Å². The van der Waals surface area contributed by atoms with E-state index in [9.17, 15) is 4.79 Å². The van der Waals surface area contributed by atoms with Crippen LogP contribution >= 0.6 is 0 Å². The fraction of sp³-hybridized carbons (Fsp3) is 0.200. The maximum atomic E-state index is 12.1. The predicted octanol–water partition coefficient (Wildman–Crippen LogP) is 3.43. The Hall–Kier alpha value is -3.08. The molecule has 1 heterocycles. The van der Waals surface area contributed by atoms with Crippen molar-refractivity contribution in [3.8, 4) is 5.75 Å². The maximum absolute atomic E-state index is 12.1. The first-order valence-electron chi connectivity index (χ1n) is 8.14. The average molecular weight is 335 g/mol. The molecule has 0 fully saturated rings. The van der Waals surface area contributed by atoms with Gasteiger partial charge in [-0.15, -0.1) is 0 Å². The number of carbonyl (C=O) groups is 1. The molecule has 25 heavy (non-hydrogen) atoms. The van der Waals surface area contributed by atoms with Crippen LogP contribution < -0.4 is 10.1 Å². The van der Waals surface area contributed by atoms with Crippen LogP contribution in [0.3, 0.4) is 0 Å². The number of amides is 1. The third kappa shape index (κ3) is 4.70. The largest absolute Gasteiger partial charge is 0.497 e. The summed E-state index contributed by atoms with van der Waals surface area (Å²) in [6.45, 7) is 2.74. The SMILES string of the molecule is COc1ccc(CC(=O)Nc2ccn(Cc3ccc(C)cc3)n2)cc1. The molecule has 0 atom stereocenters. The number of rotatable bonds is 6. The monoisotopic (exact) mass is 335 g/mol. The Kier molecular flexibility index (Phi) is 5.14. The van der Waals surface area contributed by atoms with Crippen LogP contribution in [0.2, 0.25) is 0 Å². The molecule has 0 saturated heterocycles. The van der Waals surface area contributed by atoms with E-state index in [-0.39, 0.29) is 5.91 Å². The third-order valence-corrected chi connectivity index (χ3v) is 3.90. The first-order valence-corrected chi connectivity index (χ1v) is 8.14. The summed E-state index contributed by atoms with van der Waals surface area (Å²) in [4.78, 5) is 12.1. The average Bonchev–Trinajstić information content (AvgIpc) is 3.04. The highest BCUT2D eigenvalue weighted by molar-refractivity contribution is 5.91. The molecule has 0 radical (unpaired) electrons. The second-order valence-corrected chi connectivity index (χ2v) is 5.96. The van der Waals surface area contributed by atoms with Gasteiger partial charge in [0, 0.05) is 12.3 Å². The van der Waals surface area contributed by atoms with Gasteiger partial charge in [0.2, 0.25) is 5.91 Å². The molecule has 0 spiro atoms. The van der Waals surface area contributed by atoms with Gasteiger partial charge in [-0.05, 0) is 30.2 Å². The Bertz CT molecular complexity index is 836. The minimum Gasteiger partial charge on any atom is -0.497 e. The van der Waals surface area contributed by atoms with E-state index in [2.05, 4.69) is 41.6 Å². The van der Waals surface area contributed by atoms with Crippen molar-refractivity contribution in [3.05, 3.63) is 77.5 Å². The number of benzene rings is 2. The van der Waals surface area contributed by atoms with E-state index >= 15 is 0 Å². The minimum absolute atomic E-state index is 0.0919. The zero-order chi connectivity index (χ0) is 17.6. The first kappa shape index (κ1) is 16.8. The van der Waals surface area contributed by atoms with Crippen LogP contribution in [0.4, 0.5) is 5.82 Å². The van der Waals surface area contributed by atoms with E-state index in [1.165, 1.54) is 11.1 Å². The number of carbonyl (C=O) groups excluding carboxylic acids is 1. The zero-order valence-electron chi connectivity index (χ0n) is 14.4. The van der Waals surface area contributed by atoms with Crippen molar-refractivity contribution >= 4 is 11.7 Å². The van der Waals surface area contributed by atoms with Crippen LogP contribution in [0.25, 0.3) is 0 Å². The fourth-order valence-corrected chi connectivity index (χ4v) is 2.51. The summed E-state index contributed by atoms with van der Waals surface area (Å²) in [5.41, 5.74) is 3.33. The molecule has 128 valence electrons. The minimum atomic E-state index is -0.0919. The molecule has 1 amide bonds. The van der Waals surface area contributed by atoms with Crippen molar-refractivity contribution < 1.29 is 9.53 Å². The molecule has 1 N–H and O–H groups in total. The molecule has 2 aromatic carbocycles. The summed E-state index contributed by atoms with van der Waals surface area (Å²) in [5, 5.41) is 7.23. The molecule has 5 heteroatoms. The van der Waals surface area contributed by atoms with Crippen molar-refractivity contribution in [2.24, 2.45) is 0 Å². The van der Waals surface area contributed by atoms with E-state index in [0.717, 1.165) is 11.3 Å². The second-order valence-electron chi connectivity index (χ2n) is 5.96. The van der Waals surface area contributed by atoms with Crippen molar-refractivity contribution in [3.63, 3.8) is 0 Å². The van der Waals surface area contributed by atoms with Gasteiger partial charge in [-0.2, -0.15) is 5.10 Å². The normalized spacial score (nSPS) is 10.5.